The Morgan fingerprint density at radius 2 is 2.14 bits per heavy atom. The van der Waals surface area contributed by atoms with Crippen LogP contribution in [0.5, 0.6) is 0 Å². The van der Waals surface area contributed by atoms with E-state index in [0.29, 0.717) is 28.6 Å². The molecular weight excluding hydrogens is 336 g/mol. The number of halogens is 1. The van der Waals surface area contributed by atoms with Crippen LogP contribution >= 0.6 is 15.9 Å². The van der Waals surface area contributed by atoms with Crippen molar-refractivity contribution in [3.8, 4) is 0 Å². The van der Waals surface area contributed by atoms with Gasteiger partial charge in [0.1, 0.15) is 5.54 Å². The molecule has 2 unspecified atom stereocenters. The van der Waals surface area contributed by atoms with Gasteiger partial charge in [-0.05, 0) is 37.0 Å². The fourth-order valence-electron chi connectivity index (χ4n) is 2.95. The molecule has 1 aliphatic rings. The summed E-state index contributed by atoms with van der Waals surface area (Å²) in [4.78, 5) is 24.1. The maximum absolute atomic E-state index is 12.4. The van der Waals surface area contributed by atoms with E-state index in [1.54, 1.807) is 18.2 Å². The molecule has 2 rings (SSSR count). The number of nitrogens with two attached hydrogens (primary N) is 1. The molecule has 0 bridgehead atoms. The molecule has 0 saturated heterocycles. The van der Waals surface area contributed by atoms with Gasteiger partial charge in [-0.2, -0.15) is 0 Å². The molecule has 114 valence electrons. The third-order valence-electron chi connectivity index (χ3n) is 3.94. The minimum atomic E-state index is -1.17. The molecule has 0 aromatic heterocycles. The van der Waals surface area contributed by atoms with E-state index in [4.69, 9.17) is 5.73 Å². The smallest absolute Gasteiger partial charge is 0.329 e. The predicted octanol–water partition coefficient (Wildman–Crippen LogP) is 2.79. The molecular formula is C15H19BrN2O3. The van der Waals surface area contributed by atoms with Crippen molar-refractivity contribution in [3.05, 3.63) is 28.2 Å². The van der Waals surface area contributed by atoms with Crippen LogP contribution in [-0.4, -0.2) is 22.5 Å². The lowest BCUT2D eigenvalue weighted by Gasteiger charge is -2.37. The van der Waals surface area contributed by atoms with Gasteiger partial charge in [0, 0.05) is 15.7 Å². The standard InChI is InChI=1S/C15H19BrN2O3/c1-9-3-2-4-15(8-9,14(20)21)18-13(19)10-5-11(16)7-12(17)6-10/h5-7,9H,2-4,8,17H2,1H3,(H,18,19)(H,20,21). The van der Waals surface area contributed by atoms with Crippen LogP contribution in [0, 0.1) is 5.92 Å². The number of rotatable bonds is 3. The number of hydrogen-bond acceptors (Lipinski definition) is 3. The number of hydrogen-bond donors (Lipinski definition) is 3. The number of aliphatic carboxylic acids is 1. The number of benzene rings is 1. The van der Waals surface area contributed by atoms with Crippen molar-refractivity contribution in [2.45, 2.75) is 38.1 Å². The van der Waals surface area contributed by atoms with Crippen molar-refractivity contribution in [2.24, 2.45) is 5.92 Å². The quantitative estimate of drug-likeness (QED) is 0.727. The maximum Gasteiger partial charge on any atom is 0.329 e. The lowest BCUT2D eigenvalue weighted by molar-refractivity contribution is -0.146. The molecule has 6 heteroatoms. The number of anilines is 1. The third kappa shape index (κ3) is 3.56. The molecule has 0 aliphatic heterocycles. The highest BCUT2D eigenvalue weighted by atomic mass is 79.9. The summed E-state index contributed by atoms with van der Waals surface area (Å²) in [6.07, 6.45) is 2.71. The molecule has 0 spiro atoms. The van der Waals surface area contributed by atoms with Crippen molar-refractivity contribution in [1.82, 2.24) is 5.32 Å². The summed E-state index contributed by atoms with van der Waals surface area (Å²) in [5.41, 5.74) is 5.36. The van der Waals surface area contributed by atoms with Gasteiger partial charge < -0.3 is 16.2 Å². The number of carbonyl (C=O) groups is 2. The molecule has 21 heavy (non-hydrogen) atoms. The van der Waals surface area contributed by atoms with Gasteiger partial charge in [0.25, 0.3) is 5.91 Å². The van der Waals surface area contributed by atoms with Gasteiger partial charge in [0.05, 0.1) is 0 Å². The van der Waals surface area contributed by atoms with Crippen molar-refractivity contribution < 1.29 is 14.7 Å². The minimum Gasteiger partial charge on any atom is -0.480 e. The van der Waals surface area contributed by atoms with Gasteiger partial charge in [-0.15, -0.1) is 0 Å². The van der Waals surface area contributed by atoms with Gasteiger partial charge >= 0.3 is 5.97 Å². The predicted molar refractivity (Wildman–Crippen MR) is 84.0 cm³/mol. The first-order valence-corrected chi connectivity index (χ1v) is 7.74. The zero-order chi connectivity index (χ0) is 15.6. The van der Waals surface area contributed by atoms with Gasteiger partial charge in [-0.3, -0.25) is 4.79 Å². The molecule has 1 saturated carbocycles. The summed E-state index contributed by atoms with van der Waals surface area (Å²) in [5.74, 6) is -1.09. The topological polar surface area (TPSA) is 92.4 Å². The molecule has 0 radical (unpaired) electrons. The van der Waals surface area contributed by atoms with Gasteiger partial charge in [0.15, 0.2) is 0 Å². The van der Waals surface area contributed by atoms with Crippen LogP contribution in [-0.2, 0) is 4.79 Å². The van der Waals surface area contributed by atoms with E-state index < -0.39 is 17.4 Å². The van der Waals surface area contributed by atoms with E-state index >= 15 is 0 Å². The fourth-order valence-corrected chi connectivity index (χ4v) is 3.46. The van der Waals surface area contributed by atoms with Crippen molar-refractivity contribution in [3.63, 3.8) is 0 Å². The fraction of sp³-hybridized carbons (Fsp3) is 0.467. The van der Waals surface area contributed by atoms with Gasteiger partial charge in [-0.1, -0.05) is 35.7 Å². The number of carboxylic acid groups (broad SMARTS) is 1. The second kappa shape index (κ2) is 6.05. The highest BCUT2D eigenvalue weighted by molar-refractivity contribution is 9.10. The van der Waals surface area contributed by atoms with Crippen LogP contribution in [0.1, 0.15) is 43.0 Å². The summed E-state index contributed by atoms with van der Waals surface area (Å²) < 4.78 is 0.689. The van der Waals surface area contributed by atoms with Crippen molar-refractivity contribution >= 4 is 33.5 Å². The van der Waals surface area contributed by atoms with Crippen LogP contribution in [0.3, 0.4) is 0 Å². The average Bonchev–Trinajstić information content (AvgIpc) is 2.37. The molecule has 0 heterocycles. The second-order valence-electron chi connectivity index (χ2n) is 5.82. The van der Waals surface area contributed by atoms with Crippen LogP contribution in [0.4, 0.5) is 5.69 Å². The second-order valence-corrected chi connectivity index (χ2v) is 6.73. The Morgan fingerprint density at radius 1 is 1.43 bits per heavy atom. The number of nitrogens with one attached hydrogen (secondary N) is 1. The average molecular weight is 355 g/mol. The van der Waals surface area contributed by atoms with Crippen LogP contribution in [0.15, 0.2) is 22.7 Å². The molecule has 1 aromatic rings. The minimum absolute atomic E-state index is 0.280. The monoisotopic (exact) mass is 354 g/mol. The Morgan fingerprint density at radius 3 is 2.71 bits per heavy atom. The van der Waals surface area contributed by atoms with E-state index in [1.165, 1.54) is 0 Å². The van der Waals surface area contributed by atoms with E-state index in [9.17, 15) is 14.7 Å². The Balaban J connectivity index is 2.24. The molecule has 1 amide bonds. The normalized spacial score (nSPS) is 25.3. The highest BCUT2D eigenvalue weighted by Gasteiger charge is 2.43. The van der Waals surface area contributed by atoms with Gasteiger partial charge in [0.2, 0.25) is 0 Å². The summed E-state index contributed by atoms with van der Waals surface area (Å²) >= 11 is 3.28. The van der Waals surface area contributed by atoms with Gasteiger partial charge in [-0.25, -0.2) is 4.79 Å². The maximum atomic E-state index is 12.4. The van der Waals surface area contributed by atoms with E-state index in [-0.39, 0.29) is 5.92 Å². The Kier molecular flexibility index (Phi) is 4.56. The Hall–Kier alpha value is -1.56. The van der Waals surface area contributed by atoms with Crippen LogP contribution in [0.2, 0.25) is 0 Å². The molecule has 1 fully saturated rings. The zero-order valence-electron chi connectivity index (χ0n) is 11.9. The van der Waals surface area contributed by atoms with E-state index in [1.807, 2.05) is 6.92 Å². The number of nitrogen functional groups attached to an aromatic ring is 1. The van der Waals surface area contributed by atoms with E-state index in [2.05, 4.69) is 21.2 Å². The summed E-state index contributed by atoms with van der Waals surface area (Å²) in [5, 5.41) is 12.3. The first-order valence-electron chi connectivity index (χ1n) is 6.94. The summed E-state index contributed by atoms with van der Waals surface area (Å²) in [6.45, 7) is 2.01. The largest absolute Gasteiger partial charge is 0.480 e. The SMILES string of the molecule is CC1CCCC(NC(=O)c2cc(N)cc(Br)c2)(C(=O)O)C1. The zero-order valence-corrected chi connectivity index (χ0v) is 13.4. The lowest BCUT2D eigenvalue weighted by Crippen LogP contribution is -2.56. The van der Waals surface area contributed by atoms with Crippen LogP contribution in [0.25, 0.3) is 0 Å². The highest BCUT2D eigenvalue weighted by Crippen LogP contribution is 2.33. The number of amides is 1. The molecule has 5 nitrogen and oxygen atoms in total. The third-order valence-corrected chi connectivity index (χ3v) is 4.40. The molecule has 1 aliphatic carbocycles. The molecule has 2 atom stereocenters. The molecule has 1 aromatic carbocycles. The first kappa shape index (κ1) is 15.8. The van der Waals surface area contributed by atoms with Crippen molar-refractivity contribution in [2.75, 3.05) is 5.73 Å². The Labute approximate surface area is 132 Å². The Bertz CT molecular complexity index is 556. The van der Waals surface area contributed by atoms with Crippen LogP contribution < -0.4 is 11.1 Å². The number of carboxylic acids is 1. The summed E-state index contributed by atoms with van der Waals surface area (Å²) in [6, 6.07) is 4.86. The lowest BCUT2D eigenvalue weighted by atomic mass is 9.76. The van der Waals surface area contributed by atoms with E-state index in [0.717, 1.165) is 12.8 Å². The summed E-state index contributed by atoms with van der Waals surface area (Å²) in [7, 11) is 0. The molecule has 4 N–H and O–H groups in total. The first-order chi connectivity index (χ1) is 9.82. The van der Waals surface area contributed by atoms with Crippen molar-refractivity contribution in [1.29, 1.82) is 0 Å². The number of carbonyl (C=O) groups excluding carboxylic acids is 1.